The second kappa shape index (κ2) is 5.78. The number of benzene rings is 1. The van der Waals surface area contributed by atoms with E-state index >= 15 is 0 Å². The van der Waals surface area contributed by atoms with Crippen molar-refractivity contribution in [3.63, 3.8) is 0 Å². The molecule has 0 aliphatic rings. The van der Waals surface area contributed by atoms with Crippen LogP contribution in [-0.2, 0) is 6.42 Å². The van der Waals surface area contributed by atoms with Crippen LogP contribution in [0.15, 0.2) is 22.6 Å². The van der Waals surface area contributed by atoms with Gasteiger partial charge in [0.05, 0.1) is 0 Å². The van der Waals surface area contributed by atoms with E-state index in [0.717, 1.165) is 25.1 Å². The maximum absolute atomic E-state index is 5.65. The minimum absolute atomic E-state index is 0.601. The number of aromatic nitrogens is 2. The van der Waals surface area contributed by atoms with Gasteiger partial charge in [0.1, 0.15) is 0 Å². The highest BCUT2D eigenvalue weighted by Crippen LogP contribution is 2.20. The summed E-state index contributed by atoms with van der Waals surface area (Å²) in [6, 6.07) is 6.17. The van der Waals surface area contributed by atoms with Crippen molar-refractivity contribution in [2.45, 2.75) is 27.2 Å². The van der Waals surface area contributed by atoms with Crippen LogP contribution < -0.4 is 5.32 Å². The van der Waals surface area contributed by atoms with E-state index < -0.39 is 0 Å². The molecule has 0 spiro atoms. The largest absolute Gasteiger partial charge is 0.421 e. The zero-order chi connectivity index (χ0) is 13.0. The highest BCUT2D eigenvalue weighted by molar-refractivity contribution is 5.55. The summed E-state index contributed by atoms with van der Waals surface area (Å²) in [5.41, 5.74) is 3.49. The number of aryl methyl sites for hydroxylation is 2. The van der Waals surface area contributed by atoms with Crippen molar-refractivity contribution in [2.24, 2.45) is 0 Å². The molecular formula is C14H19N3O. The van der Waals surface area contributed by atoms with Crippen molar-refractivity contribution in [3.05, 3.63) is 35.2 Å². The molecule has 0 saturated carbocycles. The van der Waals surface area contributed by atoms with Crippen LogP contribution in [0.1, 0.15) is 23.9 Å². The Hall–Kier alpha value is -1.68. The van der Waals surface area contributed by atoms with Gasteiger partial charge >= 0.3 is 0 Å². The lowest BCUT2D eigenvalue weighted by atomic mass is 10.1. The van der Waals surface area contributed by atoms with Gasteiger partial charge in [0, 0.05) is 18.5 Å². The summed E-state index contributed by atoms with van der Waals surface area (Å²) in [6.45, 7) is 8.08. The SMILES string of the molecule is CCNCCc1nnc(-c2ccc(C)c(C)c2)o1. The highest BCUT2D eigenvalue weighted by atomic mass is 16.4. The van der Waals surface area contributed by atoms with Gasteiger partial charge in [-0.25, -0.2) is 0 Å². The summed E-state index contributed by atoms with van der Waals surface area (Å²) in [6.07, 6.45) is 0.770. The quantitative estimate of drug-likeness (QED) is 0.822. The van der Waals surface area contributed by atoms with Crippen LogP contribution in [0, 0.1) is 13.8 Å². The van der Waals surface area contributed by atoms with E-state index in [1.54, 1.807) is 0 Å². The van der Waals surface area contributed by atoms with E-state index in [9.17, 15) is 0 Å². The number of likely N-dealkylation sites (N-methyl/N-ethyl adjacent to an activating group) is 1. The van der Waals surface area contributed by atoms with E-state index in [0.29, 0.717) is 11.8 Å². The Morgan fingerprint density at radius 2 is 2.00 bits per heavy atom. The van der Waals surface area contributed by atoms with Gasteiger partial charge in [-0.3, -0.25) is 0 Å². The van der Waals surface area contributed by atoms with Crippen LogP contribution in [-0.4, -0.2) is 23.3 Å². The molecule has 1 aromatic heterocycles. The highest BCUT2D eigenvalue weighted by Gasteiger charge is 2.08. The lowest BCUT2D eigenvalue weighted by Gasteiger charge is -2.01. The van der Waals surface area contributed by atoms with Crippen molar-refractivity contribution in [3.8, 4) is 11.5 Å². The third-order valence-electron chi connectivity index (χ3n) is 2.99. The zero-order valence-corrected chi connectivity index (χ0v) is 11.2. The van der Waals surface area contributed by atoms with Crippen molar-refractivity contribution in [1.82, 2.24) is 15.5 Å². The molecule has 2 aromatic rings. The van der Waals surface area contributed by atoms with E-state index in [1.165, 1.54) is 11.1 Å². The topological polar surface area (TPSA) is 51.0 Å². The van der Waals surface area contributed by atoms with Crippen LogP contribution in [0.4, 0.5) is 0 Å². The van der Waals surface area contributed by atoms with Crippen LogP contribution >= 0.6 is 0 Å². The maximum Gasteiger partial charge on any atom is 0.247 e. The Bertz CT molecular complexity index is 520. The fourth-order valence-corrected chi connectivity index (χ4v) is 1.72. The predicted octanol–water partition coefficient (Wildman–Crippen LogP) is 2.51. The minimum Gasteiger partial charge on any atom is -0.421 e. The van der Waals surface area contributed by atoms with E-state index in [4.69, 9.17) is 4.42 Å². The van der Waals surface area contributed by atoms with Crippen LogP contribution in [0.25, 0.3) is 11.5 Å². The van der Waals surface area contributed by atoms with Crippen LogP contribution in [0.3, 0.4) is 0 Å². The average molecular weight is 245 g/mol. The summed E-state index contributed by atoms with van der Waals surface area (Å²) in [5, 5.41) is 11.4. The molecule has 96 valence electrons. The molecule has 2 rings (SSSR count). The fourth-order valence-electron chi connectivity index (χ4n) is 1.72. The first-order valence-electron chi connectivity index (χ1n) is 6.31. The molecule has 0 aliphatic heterocycles. The fraction of sp³-hybridized carbons (Fsp3) is 0.429. The number of hydrogen-bond donors (Lipinski definition) is 1. The number of hydrogen-bond acceptors (Lipinski definition) is 4. The second-order valence-electron chi connectivity index (χ2n) is 4.40. The Morgan fingerprint density at radius 1 is 1.17 bits per heavy atom. The van der Waals surface area contributed by atoms with E-state index in [1.807, 2.05) is 6.07 Å². The van der Waals surface area contributed by atoms with Gasteiger partial charge in [0.15, 0.2) is 0 Å². The summed E-state index contributed by atoms with van der Waals surface area (Å²) >= 11 is 0. The molecule has 1 heterocycles. The molecule has 1 N–H and O–H groups in total. The van der Waals surface area contributed by atoms with Crippen molar-refractivity contribution < 1.29 is 4.42 Å². The average Bonchev–Trinajstić information content (AvgIpc) is 2.82. The third-order valence-corrected chi connectivity index (χ3v) is 2.99. The molecule has 1 aromatic carbocycles. The third kappa shape index (κ3) is 2.96. The molecular weight excluding hydrogens is 226 g/mol. The molecule has 0 fully saturated rings. The second-order valence-corrected chi connectivity index (χ2v) is 4.40. The van der Waals surface area contributed by atoms with Gasteiger partial charge < -0.3 is 9.73 Å². The van der Waals surface area contributed by atoms with E-state index in [-0.39, 0.29) is 0 Å². The summed E-state index contributed by atoms with van der Waals surface area (Å²) in [4.78, 5) is 0. The molecule has 0 saturated heterocycles. The van der Waals surface area contributed by atoms with Crippen molar-refractivity contribution >= 4 is 0 Å². The lowest BCUT2D eigenvalue weighted by Crippen LogP contribution is -2.16. The number of nitrogens with one attached hydrogen (secondary N) is 1. The first-order chi connectivity index (χ1) is 8.70. The monoisotopic (exact) mass is 245 g/mol. The van der Waals surface area contributed by atoms with Gasteiger partial charge in [-0.1, -0.05) is 13.0 Å². The molecule has 0 bridgehead atoms. The van der Waals surface area contributed by atoms with Crippen molar-refractivity contribution in [2.75, 3.05) is 13.1 Å². The van der Waals surface area contributed by atoms with Gasteiger partial charge in [0.2, 0.25) is 11.8 Å². The zero-order valence-electron chi connectivity index (χ0n) is 11.2. The van der Waals surface area contributed by atoms with Gasteiger partial charge in [-0.15, -0.1) is 10.2 Å². The Labute approximate surface area is 107 Å². The number of rotatable bonds is 5. The molecule has 0 radical (unpaired) electrons. The first-order valence-corrected chi connectivity index (χ1v) is 6.31. The molecule has 4 nitrogen and oxygen atoms in total. The van der Waals surface area contributed by atoms with Crippen molar-refractivity contribution in [1.29, 1.82) is 0 Å². The summed E-state index contributed by atoms with van der Waals surface area (Å²) in [5.74, 6) is 1.29. The van der Waals surface area contributed by atoms with Crippen LogP contribution in [0.2, 0.25) is 0 Å². The minimum atomic E-state index is 0.601. The maximum atomic E-state index is 5.65. The molecule has 0 aliphatic carbocycles. The Kier molecular flexibility index (Phi) is 4.10. The molecule has 0 unspecified atom stereocenters. The van der Waals surface area contributed by atoms with Gasteiger partial charge in [-0.05, 0) is 43.7 Å². The summed E-state index contributed by atoms with van der Waals surface area (Å²) < 4.78 is 5.65. The molecule has 4 heteroatoms. The summed E-state index contributed by atoms with van der Waals surface area (Å²) in [7, 11) is 0. The van der Waals surface area contributed by atoms with E-state index in [2.05, 4.69) is 48.4 Å². The number of nitrogens with zero attached hydrogens (tertiary/aromatic N) is 2. The Balaban J connectivity index is 2.11. The molecule has 0 atom stereocenters. The predicted molar refractivity (Wildman–Crippen MR) is 71.5 cm³/mol. The van der Waals surface area contributed by atoms with Gasteiger partial charge in [-0.2, -0.15) is 0 Å². The molecule has 0 amide bonds. The Morgan fingerprint density at radius 3 is 2.72 bits per heavy atom. The smallest absolute Gasteiger partial charge is 0.247 e. The normalized spacial score (nSPS) is 10.8. The molecule has 18 heavy (non-hydrogen) atoms. The standard InChI is InChI=1S/C14H19N3O/c1-4-15-8-7-13-16-17-14(18-13)12-6-5-10(2)11(3)9-12/h5-6,9,15H,4,7-8H2,1-3H3. The lowest BCUT2D eigenvalue weighted by molar-refractivity contribution is 0.496. The van der Waals surface area contributed by atoms with Crippen LogP contribution in [0.5, 0.6) is 0 Å². The first kappa shape index (κ1) is 12.8. The van der Waals surface area contributed by atoms with Gasteiger partial charge in [0.25, 0.3) is 0 Å².